The number of hydrogen-bond acceptors (Lipinski definition) is 4. The Hall–Kier alpha value is -2.87. The van der Waals surface area contributed by atoms with Crippen molar-refractivity contribution < 1.29 is 9.53 Å². The maximum absolute atomic E-state index is 11.8. The Labute approximate surface area is 123 Å². The number of carbonyl (C=O) groups excluding carboxylic acids is 1. The highest BCUT2D eigenvalue weighted by Crippen LogP contribution is 2.12. The van der Waals surface area contributed by atoms with E-state index >= 15 is 0 Å². The fourth-order valence-corrected chi connectivity index (χ4v) is 1.86. The number of nitriles is 1. The molecule has 2 rings (SSSR count). The molecule has 2 aromatic rings. The smallest absolute Gasteiger partial charge is 0.263 e. The molecule has 0 spiro atoms. The third-order valence-electron chi connectivity index (χ3n) is 2.72. The Morgan fingerprint density at radius 1 is 1.29 bits per heavy atom. The highest BCUT2D eigenvalue weighted by Gasteiger charge is 2.05. The zero-order valence-electron chi connectivity index (χ0n) is 11.9. The first-order chi connectivity index (χ1) is 10.1. The van der Waals surface area contributed by atoms with E-state index in [0.717, 1.165) is 11.3 Å². The molecule has 1 heterocycles. The normalized spacial score (nSPS) is 9.76. The minimum Gasteiger partial charge on any atom is -0.484 e. The number of pyridine rings is 1. The molecule has 1 amide bonds. The van der Waals surface area contributed by atoms with Crippen LogP contribution in [0.4, 0.5) is 5.82 Å². The number of anilines is 1. The summed E-state index contributed by atoms with van der Waals surface area (Å²) in [5.41, 5.74) is 2.43. The molecule has 0 aliphatic carbocycles. The first-order valence-electron chi connectivity index (χ1n) is 6.45. The van der Waals surface area contributed by atoms with Gasteiger partial charge in [-0.25, -0.2) is 4.98 Å². The molecular formula is C16H15N3O2. The summed E-state index contributed by atoms with van der Waals surface area (Å²) in [5.74, 6) is 0.773. The predicted molar refractivity (Wildman–Crippen MR) is 79.0 cm³/mol. The minimum absolute atomic E-state index is 0.111. The molecule has 0 aliphatic rings. The van der Waals surface area contributed by atoms with Crippen LogP contribution in [0.25, 0.3) is 0 Å². The summed E-state index contributed by atoms with van der Waals surface area (Å²) in [6.45, 7) is 3.70. The van der Waals surface area contributed by atoms with Crippen molar-refractivity contribution in [2.24, 2.45) is 0 Å². The van der Waals surface area contributed by atoms with E-state index < -0.39 is 0 Å². The van der Waals surface area contributed by atoms with Crippen molar-refractivity contribution in [2.75, 3.05) is 11.9 Å². The average Bonchev–Trinajstić information content (AvgIpc) is 2.44. The number of amides is 1. The SMILES string of the molecule is Cc1cc(C)nc(NC(=O)COc2ccc(C#N)cc2)c1. The van der Waals surface area contributed by atoms with E-state index in [1.54, 1.807) is 30.3 Å². The Bertz CT molecular complexity index is 667. The van der Waals surface area contributed by atoms with Gasteiger partial charge in [0.15, 0.2) is 6.61 Å². The van der Waals surface area contributed by atoms with E-state index in [0.29, 0.717) is 17.1 Å². The van der Waals surface area contributed by atoms with Gasteiger partial charge in [-0.05, 0) is 55.8 Å². The third-order valence-corrected chi connectivity index (χ3v) is 2.72. The lowest BCUT2D eigenvalue weighted by Gasteiger charge is -2.08. The van der Waals surface area contributed by atoms with E-state index in [4.69, 9.17) is 10.00 Å². The lowest BCUT2D eigenvalue weighted by Crippen LogP contribution is -2.21. The number of rotatable bonds is 4. The third kappa shape index (κ3) is 4.32. The first-order valence-corrected chi connectivity index (χ1v) is 6.45. The molecule has 0 bridgehead atoms. The van der Waals surface area contributed by atoms with Crippen LogP contribution in [0, 0.1) is 25.2 Å². The zero-order chi connectivity index (χ0) is 15.2. The van der Waals surface area contributed by atoms with Gasteiger partial charge in [0.2, 0.25) is 0 Å². The number of benzene rings is 1. The second-order valence-electron chi connectivity index (χ2n) is 4.64. The second kappa shape index (κ2) is 6.53. The standard InChI is InChI=1S/C16H15N3O2/c1-11-7-12(2)18-15(8-11)19-16(20)10-21-14-5-3-13(9-17)4-6-14/h3-8H,10H2,1-2H3,(H,18,19,20). The van der Waals surface area contributed by atoms with Crippen LogP contribution < -0.4 is 10.1 Å². The molecule has 106 valence electrons. The van der Waals surface area contributed by atoms with Gasteiger partial charge in [-0.3, -0.25) is 4.79 Å². The molecule has 0 aliphatic heterocycles. The van der Waals surface area contributed by atoms with Crippen molar-refractivity contribution in [3.63, 3.8) is 0 Å². The summed E-state index contributed by atoms with van der Waals surface area (Å²) in [5, 5.41) is 11.4. The molecule has 1 aromatic heterocycles. The quantitative estimate of drug-likeness (QED) is 0.934. The van der Waals surface area contributed by atoms with E-state index in [-0.39, 0.29) is 12.5 Å². The molecule has 0 fully saturated rings. The fraction of sp³-hybridized carbons (Fsp3) is 0.188. The highest BCUT2D eigenvalue weighted by atomic mass is 16.5. The molecule has 21 heavy (non-hydrogen) atoms. The van der Waals surface area contributed by atoms with E-state index in [1.807, 2.05) is 26.0 Å². The zero-order valence-corrected chi connectivity index (χ0v) is 11.9. The molecule has 0 atom stereocenters. The molecular weight excluding hydrogens is 266 g/mol. The van der Waals surface area contributed by atoms with E-state index in [2.05, 4.69) is 10.3 Å². The van der Waals surface area contributed by atoms with Crippen molar-refractivity contribution in [2.45, 2.75) is 13.8 Å². The topological polar surface area (TPSA) is 75.0 Å². The van der Waals surface area contributed by atoms with Crippen LogP contribution in [0.15, 0.2) is 36.4 Å². The van der Waals surface area contributed by atoms with Crippen molar-refractivity contribution in [1.29, 1.82) is 5.26 Å². The monoisotopic (exact) mass is 281 g/mol. The van der Waals surface area contributed by atoms with Gasteiger partial charge in [-0.1, -0.05) is 0 Å². The average molecular weight is 281 g/mol. The Kier molecular flexibility index (Phi) is 4.52. The summed E-state index contributed by atoms with van der Waals surface area (Å²) in [6.07, 6.45) is 0. The maximum Gasteiger partial charge on any atom is 0.263 e. The number of nitrogens with one attached hydrogen (secondary N) is 1. The Morgan fingerprint density at radius 2 is 2.00 bits per heavy atom. The largest absolute Gasteiger partial charge is 0.484 e. The molecule has 0 unspecified atom stereocenters. The van der Waals surface area contributed by atoms with Crippen LogP contribution in [0.3, 0.4) is 0 Å². The molecule has 0 saturated heterocycles. The summed E-state index contributed by atoms with van der Waals surface area (Å²) in [6, 6.07) is 12.3. The Morgan fingerprint density at radius 3 is 2.62 bits per heavy atom. The van der Waals surface area contributed by atoms with Crippen LogP contribution in [-0.4, -0.2) is 17.5 Å². The number of nitrogens with zero attached hydrogens (tertiary/aromatic N) is 2. The van der Waals surface area contributed by atoms with Crippen molar-refractivity contribution in [3.05, 3.63) is 53.2 Å². The lowest BCUT2D eigenvalue weighted by atomic mass is 10.2. The van der Waals surface area contributed by atoms with Gasteiger partial charge in [0.1, 0.15) is 11.6 Å². The van der Waals surface area contributed by atoms with Gasteiger partial charge >= 0.3 is 0 Å². The van der Waals surface area contributed by atoms with Gasteiger partial charge in [0, 0.05) is 5.69 Å². The van der Waals surface area contributed by atoms with Gasteiger partial charge in [-0.15, -0.1) is 0 Å². The van der Waals surface area contributed by atoms with Crippen molar-refractivity contribution >= 4 is 11.7 Å². The number of aryl methyl sites for hydroxylation is 2. The summed E-state index contributed by atoms with van der Waals surface area (Å²) < 4.78 is 5.35. The highest BCUT2D eigenvalue weighted by molar-refractivity contribution is 5.91. The number of aromatic nitrogens is 1. The van der Waals surface area contributed by atoms with Gasteiger partial charge in [0.05, 0.1) is 11.6 Å². The van der Waals surface area contributed by atoms with Crippen LogP contribution >= 0.6 is 0 Å². The minimum atomic E-state index is -0.281. The summed E-state index contributed by atoms with van der Waals surface area (Å²) in [4.78, 5) is 16.0. The molecule has 5 nitrogen and oxygen atoms in total. The molecule has 5 heteroatoms. The summed E-state index contributed by atoms with van der Waals surface area (Å²) in [7, 11) is 0. The second-order valence-corrected chi connectivity index (χ2v) is 4.64. The van der Waals surface area contributed by atoms with Crippen LogP contribution in [0.1, 0.15) is 16.8 Å². The molecule has 1 aromatic carbocycles. The number of ether oxygens (including phenoxy) is 1. The molecule has 1 N–H and O–H groups in total. The summed E-state index contributed by atoms with van der Waals surface area (Å²) >= 11 is 0. The number of hydrogen-bond donors (Lipinski definition) is 1. The van der Waals surface area contributed by atoms with Gasteiger partial charge < -0.3 is 10.1 Å². The molecule has 0 radical (unpaired) electrons. The van der Waals surface area contributed by atoms with Crippen molar-refractivity contribution in [1.82, 2.24) is 4.98 Å². The predicted octanol–water partition coefficient (Wildman–Crippen LogP) is 2.59. The van der Waals surface area contributed by atoms with Gasteiger partial charge in [-0.2, -0.15) is 5.26 Å². The van der Waals surface area contributed by atoms with Crippen LogP contribution in [0.5, 0.6) is 5.75 Å². The van der Waals surface area contributed by atoms with Crippen molar-refractivity contribution in [3.8, 4) is 11.8 Å². The maximum atomic E-state index is 11.8. The lowest BCUT2D eigenvalue weighted by molar-refractivity contribution is -0.118. The fourth-order valence-electron chi connectivity index (χ4n) is 1.86. The Balaban J connectivity index is 1.91. The van der Waals surface area contributed by atoms with E-state index in [9.17, 15) is 4.79 Å². The van der Waals surface area contributed by atoms with Gasteiger partial charge in [0.25, 0.3) is 5.91 Å². The van der Waals surface area contributed by atoms with Crippen LogP contribution in [0.2, 0.25) is 0 Å². The van der Waals surface area contributed by atoms with E-state index in [1.165, 1.54) is 0 Å². The van der Waals surface area contributed by atoms with Crippen LogP contribution in [-0.2, 0) is 4.79 Å². The number of carbonyl (C=O) groups is 1. The molecule has 0 saturated carbocycles. The first kappa shape index (κ1) is 14.5.